The molecule has 3 heteroatoms. The van der Waals surface area contributed by atoms with E-state index >= 15 is 0 Å². The van der Waals surface area contributed by atoms with Gasteiger partial charge in [0.05, 0.1) is 6.42 Å². The van der Waals surface area contributed by atoms with Crippen molar-refractivity contribution in [2.75, 3.05) is 5.32 Å². The summed E-state index contributed by atoms with van der Waals surface area (Å²) in [5, 5.41) is 2.90. The van der Waals surface area contributed by atoms with Gasteiger partial charge in [-0.05, 0) is 64.9 Å². The Labute approximate surface area is 121 Å². The maximum Gasteiger partial charge on any atom is 0.228 e. The molecule has 18 heavy (non-hydrogen) atoms. The molecule has 0 aliphatic rings. The van der Waals surface area contributed by atoms with Crippen molar-refractivity contribution in [1.29, 1.82) is 0 Å². The predicted octanol–water partition coefficient (Wildman–Crippen LogP) is 3.78. The molecule has 0 fully saturated rings. The van der Waals surface area contributed by atoms with Crippen LogP contribution in [0.2, 0.25) is 0 Å². The van der Waals surface area contributed by atoms with Crippen LogP contribution in [0, 0.1) is 10.5 Å². The standard InChI is InChI=1S/C15H14INO/c1-11-4-2-3-5-12(11)10-15(18)17-14-8-6-13(16)7-9-14/h2-9H,10H2,1H3,(H,17,18). The molecular weight excluding hydrogens is 337 g/mol. The number of aryl methyl sites for hydroxylation is 1. The van der Waals surface area contributed by atoms with Crippen LogP contribution in [0.15, 0.2) is 48.5 Å². The maximum atomic E-state index is 11.9. The van der Waals surface area contributed by atoms with E-state index in [0.29, 0.717) is 6.42 Å². The van der Waals surface area contributed by atoms with E-state index in [4.69, 9.17) is 0 Å². The van der Waals surface area contributed by atoms with Gasteiger partial charge in [-0.15, -0.1) is 0 Å². The summed E-state index contributed by atoms with van der Waals surface area (Å²) >= 11 is 2.24. The van der Waals surface area contributed by atoms with Gasteiger partial charge in [0.15, 0.2) is 0 Å². The number of carbonyl (C=O) groups excluding carboxylic acids is 1. The summed E-state index contributed by atoms with van der Waals surface area (Å²) in [6.07, 6.45) is 0.415. The molecule has 0 atom stereocenters. The molecule has 0 aromatic heterocycles. The van der Waals surface area contributed by atoms with Gasteiger partial charge in [0, 0.05) is 9.26 Å². The van der Waals surface area contributed by atoms with E-state index in [-0.39, 0.29) is 5.91 Å². The fourth-order valence-corrected chi connectivity index (χ4v) is 2.08. The fourth-order valence-electron chi connectivity index (χ4n) is 1.72. The molecule has 1 N–H and O–H groups in total. The first-order chi connectivity index (χ1) is 8.65. The van der Waals surface area contributed by atoms with Crippen LogP contribution in [0.4, 0.5) is 5.69 Å². The van der Waals surface area contributed by atoms with E-state index < -0.39 is 0 Å². The topological polar surface area (TPSA) is 29.1 Å². The van der Waals surface area contributed by atoms with Crippen LogP contribution in [-0.2, 0) is 11.2 Å². The molecular formula is C15H14INO. The van der Waals surface area contributed by atoms with Gasteiger partial charge in [0.25, 0.3) is 0 Å². The van der Waals surface area contributed by atoms with Gasteiger partial charge in [-0.25, -0.2) is 0 Å². The zero-order valence-corrected chi connectivity index (χ0v) is 12.3. The lowest BCUT2D eigenvalue weighted by Crippen LogP contribution is -2.14. The first-order valence-electron chi connectivity index (χ1n) is 5.75. The molecule has 0 unspecified atom stereocenters. The maximum absolute atomic E-state index is 11.9. The van der Waals surface area contributed by atoms with Crippen molar-refractivity contribution in [2.45, 2.75) is 13.3 Å². The van der Waals surface area contributed by atoms with Crippen LogP contribution in [0.25, 0.3) is 0 Å². The Morgan fingerprint density at radius 2 is 1.78 bits per heavy atom. The van der Waals surface area contributed by atoms with Gasteiger partial charge in [-0.1, -0.05) is 24.3 Å². The number of halogens is 1. The van der Waals surface area contributed by atoms with Crippen LogP contribution in [-0.4, -0.2) is 5.91 Å². The molecule has 0 spiro atoms. The third-order valence-corrected chi connectivity index (χ3v) is 3.46. The molecule has 2 rings (SSSR count). The minimum Gasteiger partial charge on any atom is -0.326 e. The Morgan fingerprint density at radius 1 is 1.11 bits per heavy atom. The van der Waals surface area contributed by atoms with Crippen LogP contribution in [0.3, 0.4) is 0 Å². The van der Waals surface area contributed by atoms with Crippen LogP contribution in [0.1, 0.15) is 11.1 Å². The summed E-state index contributed by atoms with van der Waals surface area (Å²) in [5.74, 6) is 0.0190. The number of carbonyl (C=O) groups is 1. The highest BCUT2D eigenvalue weighted by Crippen LogP contribution is 2.13. The number of amides is 1. The van der Waals surface area contributed by atoms with Gasteiger partial charge in [-0.3, -0.25) is 4.79 Å². The molecule has 2 aromatic carbocycles. The molecule has 2 nitrogen and oxygen atoms in total. The second kappa shape index (κ2) is 6.00. The molecule has 1 amide bonds. The Hall–Kier alpha value is -1.36. The zero-order valence-electron chi connectivity index (χ0n) is 10.1. The van der Waals surface area contributed by atoms with E-state index in [9.17, 15) is 4.79 Å². The quantitative estimate of drug-likeness (QED) is 0.838. The van der Waals surface area contributed by atoms with E-state index in [2.05, 4.69) is 27.9 Å². The Morgan fingerprint density at radius 3 is 2.44 bits per heavy atom. The SMILES string of the molecule is Cc1ccccc1CC(=O)Nc1ccc(I)cc1. The van der Waals surface area contributed by atoms with Crippen LogP contribution in [0.5, 0.6) is 0 Å². The third-order valence-electron chi connectivity index (χ3n) is 2.74. The Bertz CT molecular complexity index is 549. The summed E-state index contributed by atoms with van der Waals surface area (Å²) in [7, 11) is 0. The Kier molecular flexibility index (Phi) is 4.36. The highest BCUT2D eigenvalue weighted by atomic mass is 127. The molecule has 2 aromatic rings. The van der Waals surface area contributed by atoms with E-state index in [1.807, 2.05) is 55.5 Å². The van der Waals surface area contributed by atoms with Crippen molar-refractivity contribution in [1.82, 2.24) is 0 Å². The molecule has 0 radical (unpaired) electrons. The average Bonchev–Trinajstić information content (AvgIpc) is 2.35. The van der Waals surface area contributed by atoms with Crippen LogP contribution >= 0.6 is 22.6 Å². The van der Waals surface area contributed by atoms with Crippen molar-refractivity contribution >= 4 is 34.2 Å². The first-order valence-corrected chi connectivity index (χ1v) is 6.83. The predicted molar refractivity (Wildman–Crippen MR) is 82.7 cm³/mol. The smallest absolute Gasteiger partial charge is 0.228 e. The summed E-state index contributed by atoms with van der Waals surface area (Å²) in [4.78, 5) is 11.9. The van der Waals surface area contributed by atoms with Crippen molar-refractivity contribution in [3.05, 3.63) is 63.2 Å². The molecule has 0 heterocycles. The lowest BCUT2D eigenvalue weighted by Gasteiger charge is -2.07. The summed E-state index contributed by atoms with van der Waals surface area (Å²) in [5.41, 5.74) is 3.06. The number of rotatable bonds is 3. The van der Waals surface area contributed by atoms with E-state index in [1.54, 1.807) is 0 Å². The van der Waals surface area contributed by atoms with Gasteiger partial charge in [-0.2, -0.15) is 0 Å². The molecule has 0 aliphatic carbocycles. The molecule has 92 valence electrons. The van der Waals surface area contributed by atoms with E-state index in [0.717, 1.165) is 20.4 Å². The van der Waals surface area contributed by atoms with Gasteiger partial charge in [0.2, 0.25) is 5.91 Å². The number of hydrogen-bond acceptors (Lipinski definition) is 1. The van der Waals surface area contributed by atoms with Crippen molar-refractivity contribution in [2.24, 2.45) is 0 Å². The van der Waals surface area contributed by atoms with Crippen molar-refractivity contribution < 1.29 is 4.79 Å². The largest absolute Gasteiger partial charge is 0.326 e. The lowest BCUT2D eigenvalue weighted by atomic mass is 10.1. The lowest BCUT2D eigenvalue weighted by molar-refractivity contribution is -0.115. The third kappa shape index (κ3) is 3.57. The van der Waals surface area contributed by atoms with Gasteiger partial charge < -0.3 is 5.32 Å². The number of nitrogens with one attached hydrogen (secondary N) is 1. The second-order valence-corrected chi connectivity index (χ2v) is 5.40. The fraction of sp³-hybridized carbons (Fsp3) is 0.133. The normalized spacial score (nSPS) is 10.1. The highest BCUT2D eigenvalue weighted by molar-refractivity contribution is 14.1. The Balaban J connectivity index is 2.01. The van der Waals surface area contributed by atoms with Crippen molar-refractivity contribution in [3.8, 4) is 0 Å². The average molecular weight is 351 g/mol. The summed E-state index contributed by atoms with van der Waals surface area (Å²) in [6.45, 7) is 2.02. The van der Waals surface area contributed by atoms with Crippen molar-refractivity contribution in [3.63, 3.8) is 0 Å². The molecule has 0 aliphatic heterocycles. The summed E-state index contributed by atoms with van der Waals surface area (Å²) in [6, 6.07) is 15.7. The number of anilines is 1. The van der Waals surface area contributed by atoms with Gasteiger partial charge in [0.1, 0.15) is 0 Å². The number of benzene rings is 2. The minimum absolute atomic E-state index is 0.0190. The minimum atomic E-state index is 0.0190. The second-order valence-electron chi connectivity index (χ2n) is 4.16. The van der Waals surface area contributed by atoms with Gasteiger partial charge >= 0.3 is 0 Å². The monoisotopic (exact) mass is 351 g/mol. The van der Waals surface area contributed by atoms with E-state index in [1.165, 1.54) is 0 Å². The molecule has 0 saturated carbocycles. The molecule has 0 saturated heterocycles. The van der Waals surface area contributed by atoms with Crippen LogP contribution < -0.4 is 5.32 Å². The highest BCUT2D eigenvalue weighted by Gasteiger charge is 2.05. The number of hydrogen-bond donors (Lipinski definition) is 1. The zero-order chi connectivity index (χ0) is 13.0. The first kappa shape index (κ1) is 13.1. The molecule has 0 bridgehead atoms. The summed E-state index contributed by atoms with van der Waals surface area (Å²) < 4.78 is 1.16.